The number of rotatable bonds is 4. The van der Waals surface area contributed by atoms with Crippen LogP contribution in [0.3, 0.4) is 0 Å². The summed E-state index contributed by atoms with van der Waals surface area (Å²) in [5, 5.41) is 2.93. The number of benzene rings is 2. The Morgan fingerprint density at radius 2 is 2.08 bits per heavy atom. The third-order valence-corrected chi connectivity index (χ3v) is 4.68. The molecule has 0 aliphatic carbocycles. The fourth-order valence-electron chi connectivity index (χ4n) is 3.39. The van der Waals surface area contributed by atoms with Crippen molar-refractivity contribution < 1.29 is 14.3 Å². The SMILES string of the molecule is O=C(Nc1cccc(CN2CCCC2=O)c1)[C@@H]1Cc2ccccc2O1. The van der Waals surface area contributed by atoms with Crippen molar-refractivity contribution in [3.8, 4) is 5.75 Å². The molecule has 2 aliphatic heterocycles. The quantitative estimate of drug-likeness (QED) is 0.934. The van der Waals surface area contributed by atoms with Crippen LogP contribution in [-0.4, -0.2) is 29.4 Å². The summed E-state index contributed by atoms with van der Waals surface area (Å²) in [5.74, 6) is 0.834. The smallest absolute Gasteiger partial charge is 0.265 e. The Kier molecular flexibility index (Phi) is 4.14. The molecular weight excluding hydrogens is 316 g/mol. The standard InChI is InChI=1S/C20H20N2O3/c23-19-9-4-10-22(19)13-14-5-3-7-16(11-14)21-20(24)18-12-15-6-1-2-8-17(15)25-18/h1-3,5-8,11,18H,4,9-10,12-13H2,(H,21,24)/t18-/m0/s1. The number of likely N-dealkylation sites (tertiary alicyclic amines) is 1. The summed E-state index contributed by atoms with van der Waals surface area (Å²) in [6, 6.07) is 15.4. The van der Waals surface area contributed by atoms with Crippen molar-refractivity contribution in [3.05, 3.63) is 59.7 Å². The zero-order chi connectivity index (χ0) is 17.2. The molecule has 25 heavy (non-hydrogen) atoms. The number of ether oxygens (including phenoxy) is 1. The summed E-state index contributed by atoms with van der Waals surface area (Å²) in [4.78, 5) is 26.1. The summed E-state index contributed by atoms with van der Waals surface area (Å²) in [5.41, 5.74) is 2.81. The first-order valence-corrected chi connectivity index (χ1v) is 8.61. The van der Waals surface area contributed by atoms with Gasteiger partial charge in [-0.1, -0.05) is 30.3 Å². The molecular formula is C20H20N2O3. The lowest BCUT2D eigenvalue weighted by Gasteiger charge is -2.16. The fraction of sp³-hybridized carbons (Fsp3) is 0.300. The van der Waals surface area contributed by atoms with Gasteiger partial charge in [-0.2, -0.15) is 0 Å². The number of hydrogen-bond donors (Lipinski definition) is 1. The van der Waals surface area contributed by atoms with Gasteiger partial charge < -0.3 is 15.0 Å². The van der Waals surface area contributed by atoms with Gasteiger partial charge in [0.05, 0.1) is 0 Å². The molecule has 0 aromatic heterocycles. The van der Waals surface area contributed by atoms with Crippen LogP contribution in [0.1, 0.15) is 24.0 Å². The lowest BCUT2D eigenvalue weighted by molar-refractivity contribution is -0.128. The normalized spacial score (nSPS) is 18.8. The Morgan fingerprint density at radius 1 is 1.20 bits per heavy atom. The maximum atomic E-state index is 12.5. The lowest BCUT2D eigenvalue weighted by Crippen LogP contribution is -2.31. The molecule has 2 amide bonds. The molecule has 2 heterocycles. The van der Waals surface area contributed by atoms with Gasteiger partial charge in [0.15, 0.2) is 6.10 Å². The number of anilines is 1. The van der Waals surface area contributed by atoms with Crippen molar-refractivity contribution >= 4 is 17.5 Å². The minimum absolute atomic E-state index is 0.148. The second-order valence-electron chi connectivity index (χ2n) is 6.53. The van der Waals surface area contributed by atoms with E-state index in [4.69, 9.17) is 4.74 Å². The predicted molar refractivity (Wildman–Crippen MR) is 94.3 cm³/mol. The third-order valence-electron chi connectivity index (χ3n) is 4.68. The maximum Gasteiger partial charge on any atom is 0.265 e. The Morgan fingerprint density at radius 3 is 2.88 bits per heavy atom. The first-order valence-electron chi connectivity index (χ1n) is 8.61. The van der Waals surface area contributed by atoms with Gasteiger partial charge in [0.1, 0.15) is 5.75 Å². The van der Waals surface area contributed by atoms with Crippen molar-refractivity contribution in [1.29, 1.82) is 0 Å². The second-order valence-corrected chi connectivity index (χ2v) is 6.53. The van der Waals surface area contributed by atoms with Gasteiger partial charge in [-0.25, -0.2) is 0 Å². The zero-order valence-corrected chi connectivity index (χ0v) is 13.9. The molecule has 0 spiro atoms. The van der Waals surface area contributed by atoms with E-state index in [1.807, 2.05) is 53.4 Å². The average Bonchev–Trinajstić information content (AvgIpc) is 3.22. The van der Waals surface area contributed by atoms with Crippen LogP contribution < -0.4 is 10.1 Å². The number of carbonyl (C=O) groups excluding carboxylic acids is 2. The highest BCUT2D eigenvalue weighted by Crippen LogP contribution is 2.28. The van der Waals surface area contributed by atoms with Crippen LogP contribution in [0.2, 0.25) is 0 Å². The van der Waals surface area contributed by atoms with Gasteiger partial charge in [-0.05, 0) is 35.7 Å². The van der Waals surface area contributed by atoms with Crippen LogP contribution in [0.5, 0.6) is 5.75 Å². The van der Waals surface area contributed by atoms with Gasteiger partial charge in [0.2, 0.25) is 5.91 Å². The molecule has 2 aromatic rings. The second kappa shape index (κ2) is 6.59. The molecule has 1 N–H and O–H groups in total. The Bertz CT molecular complexity index is 793. The molecule has 2 aromatic carbocycles. The van der Waals surface area contributed by atoms with E-state index in [1.54, 1.807) is 0 Å². The lowest BCUT2D eigenvalue weighted by atomic mass is 10.1. The van der Waals surface area contributed by atoms with E-state index in [2.05, 4.69) is 5.32 Å². The van der Waals surface area contributed by atoms with Crippen LogP contribution in [0.15, 0.2) is 48.5 Å². The monoisotopic (exact) mass is 336 g/mol. The molecule has 1 fully saturated rings. The van der Waals surface area contributed by atoms with Gasteiger partial charge in [0.25, 0.3) is 5.91 Å². The third kappa shape index (κ3) is 3.36. The van der Waals surface area contributed by atoms with Gasteiger partial charge >= 0.3 is 0 Å². The van der Waals surface area contributed by atoms with Crippen LogP contribution in [0.25, 0.3) is 0 Å². The Labute approximate surface area is 146 Å². The number of carbonyl (C=O) groups is 2. The van der Waals surface area contributed by atoms with Crippen LogP contribution in [0.4, 0.5) is 5.69 Å². The van der Waals surface area contributed by atoms with Crippen molar-refractivity contribution in [2.75, 3.05) is 11.9 Å². The number of nitrogens with one attached hydrogen (secondary N) is 1. The van der Waals surface area contributed by atoms with E-state index in [0.717, 1.165) is 35.5 Å². The van der Waals surface area contributed by atoms with Crippen molar-refractivity contribution in [1.82, 2.24) is 4.90 Å². The average molecular weight is 336 g/mol. The predicted octanol–water partition coefficient (Wildman–Crippen LogP) is 2.75. The van der Waals surface area contributed by atoms with Crippen molar-refractivity contribution in [2.24, 2.45) is 0 Å². The molecule has 0 unspecified atom stereocenters. The summed E-state index contributed by atoms with van der Waals surface area (Å²) in [6.07, 6.45) is 1.65. The van der Waals surface area contributed by atoms with Gasteiger partial charge in [-0.3, -0.25) is 9.59 Å². The number of nitrogens with zero attached hydrogens (tertiary/aromatic N) is 1. The first-order chi connectivity index (χ1) is 12.2. The molecule has 0 saturated carbocycles. The maximum absolute atomic E-state index is 12.5. The molecule has 0 bridgehead atoms. The van der Waals surface area contributed by atoms with E-state index in [-0.39, 0.29) is 11.8 Å². The van der Waals surface area contributed by atoms with E-state index in [0.29, 0.717) is 19.4 Å². The minimum atomic E-state index is -0.499. The largest absolute Gasteiger partial charge is 0.480 e. The van der Waals surface area contributed by atoms with Gasteiger partial charge in [-0.15, -0.1) is 0 Å². The summed E-state index contributed by atoms with van der Waals surface area (Å²) in [7, 11) is 0. The number of amides is 2. The Hall–Kier alpha value is -2.82. The number of fused-ring (bicyclic) bond motifs is 1. The summed E-state index contributed by atoms with van der Waals surface area (Å²) < 4.78 is 5.73. The molecule has 0 radical (unpaired) electrons. The van der Waals surface area contributed by atoms with Gasteiger partial charge in [0, 0.05) is 31.6 Å². The fourth-order valence-corrected chi connectivity index (χ4v) is 3.39. The Balaban J connectivity index is 1.40. The minimum Gasteiger partial charge on any atom is -0.480 e. The summed E-state index contributed by atoms with van der Waals surface area (Å²) >= 11 is 0. The van der Waals surface area contributed by atoms with E-state index in [1.165, 1.54) is 0 Å². The highest BCUT2D eigenvalue weighted by molar-refractivity contribution is 5.95. The van der Waals surface area contributed by atoms with Crippen LogP contribution >= 0.6 is 0 Å². The van der Waals surface area contributed by atoms with E-state index in [9.17, 15) is 9.59 Å². The highest BCUT2D eigenvalue weighted by Gasteiger charge is 2.28. The number of hydrogen-bond acceptors (Lipinski definition) is 3. The molecule has 5 nitrogen and oxygen atoms in total. The highest BCUT2D eigenvalue weighted by atomic mass is 16.5. The van der Waals surface area contributed by atoms with E-state index < -0.39 is 6.10 Å². The van der Waals surface area contributed by atoms with E-state index >= 15 is 0 Å². The molecule has 1 saturated heterocycles. The van der Waals surface area contributed by atoms with Crippen molar-refractivity contribution in [2.45, 2.75) is 31.9 Å². The zero-order valence-electron chi connectivity index (χ0n) is 13.9. The van der Waals surface area contributed by atoms with Crippen LogP contribution in [-0.2, 0) is 22.6 Å². The molecule has 128 valence electrons. The van der Waals surface area contributed by atoms with Crippen LogP contribution in [0, 0.1) is 0 Å². The first kappa shape index (κ1) is 15.7. The molecule has 1 atom stereocenters. The molecule has 5 heteroatoms. The number of para-hydroxylation sites is 1. The summed E-state index contributed by atoms with van der Waals surface area (Å²) in [6.45, 7) is 1.40. The van der Waals surface area contributed by atoms with Crippen molar-refractivity contribution in [3.63, 3.8) is 0 Å². The molecule has 2 aliphatic rings. The topological polar surface area (TPSA) is 58.6 Å². The molecule has 4 rings (SSSR count).